The van der Waals surface area contributed by atoms with Crippen LogP contribution in [0.2, 0.25) is 0 Å². The van der Waals surface area contributed by atoms with Crippen molar-refractivity contribution < 1.29 is 4.42 Å². The highest BCUT2D eigenvalue weighted by Crippen LogP contribution is 2.40. The number of benzene rings is 1. The molecule has 0 bridgehead atoms. The molecular weight excluding hydrogens is 322 g/mol. The maximum absolute atomic E-state index is 12.4. The summed E-state index contributed by atoms with van der Waals surface area (Å²) in [6.45, 7) is 0. The van der Waals surface area contributed by atoms with Crippen LogP contribution in [0.3, 0.4) is 0 Å². The fourth-order valence-corrected chi connectivity index (χ4v) is 3.08. The van der Waals surface area contributed by atoms with Gasteiger partial charge in [-0.05, 0) is 28.1 Å². The number of anilines is 2. The van der Waals surface area contributed by atoms with E-state index < -0.39 is 6.04 Å². The van der Waals surface area contributed by atoms with Crippen molar-refractivity contribution in [2.45, 2.75) is 6.04 Å². The van der Waals surface area contributed by atoms with Crippen LogP contribution >= 0.6 is 0 Å². The molecule has 1 atom stereocenters. The maximum Gasteiger partial charge on any atom is 0.288 e. The first kappa shape index (κ1) is 13.7. The van der Waals surface area contributed by atoms with Gasteiger partial charge in [0.25, 0.3) is 5.56 Å². The Labute approximate surface area is 140 Å². The van der Waals surface area contributed by atoms with Gasteiger partial charge in [0.05, 0.1) is 6.26 Å². The molecule has 0 amide bonds. The fraction of sp³-hybridized carbons (Fsp3) is 0.0625. The minimum atomic E-state index is -0.405. The van der Waals surface area contributed by atoms with Crippen LogP contribution < -0.4 is 10.9 Å². The number of H-pyrrole nitrogens is 1. The van der Waals surface area contributed by atoms with Gasteiger partial charge in [-0.3, -0.25) is 4.79 Å². The monoisotopic (exact) mass is 333 g/mol. The van der Waals surface area contributed by atoms with Crippen LogP contribution in [0.1, 0.15) is 17.2 Å². The van der Waals surface area contributed by atoms with Crippen LogP contribution in [-0.4, -0.2) is 30.4 Å². The number of fused-ring (bicyclic) bond motifs is 2. The molecule has 0 fully saturated rings. The Hall–Kier alpha value is -3.75. The average Bonchev–Trinajstić information content (AvgIpc) is 3.33. The molecule has 122 valence electrons. The first-order chi connectivity index (χ1) is 12.3. The second-order valence-corrected chi connectivity index (χ2v) is 5.55. The summed E-state index contributed by atoms with van der Waals surface area (Å²) in [5.74, 6) is 0.940. The van der Waals surface area contributed by atoms with Crippen molar-refractivity contribution >= 4 is 11.6 Å². The standard InChI is InChI=1S/C16H11N7O2/c24-15-13-11(12(18-19-15)10-7-4-8-25-10)14(9-5-2-1-3-6-9)23-16(17-13)20-21-22-23/h1-8,14H,(H,19,24)(H,17,20,22)/t14-/m1/s1. The van der Waals surface area contributed by atoms with Gasteiger partial charge in [0.15, 0.2) is 5.76 Å². The van der Waals surface area contributed by atoms with E-state index in [0.29, 0.717) is 28.7 Å². The number of aromatic nitrogens is 6. The Bertz CT molecular complexity index is 1100. The summed E-state index contributed by atoms with van der Waals surface area (Å²) >= 11 is 0. The van der Waals surface area contributed by atoms with E-state index in [1.807, 2.05) is 30.3 Å². The van der Waals surface area contributed by atoms with Crippen molar-refractivity contribution in [3.05, 3.63) is 70.2 Å². The minimum absolute atomic E-state index is 0.347. The highest BCUT2D eigenvalue weighted by Gasteiger charge is 2.34. The van der Waals surface area contributed by atoms with E-state index in [0.717, 1.165) is 5.56 Å². The second kappa shape index (κ2) is 5.13. The molecule has 1 aliphatic heterocycles. The highest BCUT2D eigenvalue weighted by atomic mass is 16.3. The molecule has 3 aromatic heterocycles. The Morgan fingerprint density at radius 1 is 1.12 bits per heavy atom. The summed E-state index contributed by atoms with van der Waals surface area (Å²) in [6, 6.07) is 12.8. The van der Waals surface area contributed by atoms with Crippen molar-refractivity contribution in [2.75, 3.05) is 5.32 Å². The Morgan fingerprint density at radius 2 is 2.00 bits per heavy atom. The van der Waals surface area contributed by atoms with Crippen LogP contribution in [0.5, 0.6) is 0 Å². The molecule has 0 spiro atoms. The van der Waals surface area contributed by atoms with Gasteiger partial charge in [-0.1, -0.05) is 35.4 Å². The summed E-state index contributed by atoms with van der Waals surface area (Å²) in [4.78, 5) is 12.4. The molecule has 5 rings (SSSR count). The zero-order chi connectivity index (χ0) is 16.8. The van der Waals surface area contributed by atoms with Crippen molar-refractivity contribution in [3.63, 3.8) is 0 Å². The van der Waals surface area contributed by atoms with Crippen LogP contribution in [0, 0.1) is 0 Å². The fourth-order valence-electron chi connectivity index (χ4n) is 3.08. The number of tetrazole rings is 1. The normalized spacial score (nSPS) is 15.3. The molecule has 0 saturated carbocycles. The Balaban J connectivity index is 1.85. The number of hydrogen-bond donors (Lipinski definition) is 2. The highest BCUT2D eigenvalue weighted by molar-refractivity contribution is 5.73. The predicted molar refractivity (Wildman–Crippen MR) is 87.3 cm³/mol. The molecule has 0 aliphatic carbocycles. The summed E-state index contributed by atoms with van der Waals surface area (Å²) in [5.41, 5.74) is 2.13. The molecule has 1 aliphatic rings. The molecule has 0 unspecified atom stereocenters. The lowest BCUT2D eigenvalue weighted by Crippen LogP contribution is -2.29. The van der Waals surface area contributed by atoms with Crippen LogP contribution in [0.15, 0.2) is 57.9 Å². The summed E-state index contributed by atoms with van der Waals surface area (Å²) < 4.78 is 7.14. The average molecular weight is 333 g/mol. The largest absolute Gasteiger partial charge is 0.463 e. The Kier molecular flexibility index (Phi) is 2.80. The molecule has 9 heteroatoms. The van der Waals surface area contributed by atoms with Gasteiger partial charge in [0.2, 0.25) is 5.95 Å². The zero-order valence-electron chi connectivity index (χ0n) is 12.7. The third-order valence-electron chi connectivity index (χ3n) is 4.14. The summed E-state index contributed by atoms with van der Waals surface area (Å²) in [5, 5.41) is 21.5. The topological polar surface area (TPSA) is 115 Å². The van der Waals surface area contributed by atoms with E-state index in [-0.39, 0.29) is 5.56 Å². The molecule has 2 N–H and O–H groups in total. The minimum Gasteiger partial charge on any atom is -0.463 e. The van der Waals surface area contributed by atoms with Gasteiger partial charge >= 0.3 is 0 Å². The van der Waals surface area contributed by atoms with E-state index in [4.69, 9.17) is 4.42 Å². The third kappa shape index (κ3) is 1.99. The van der Waals surface area contributed by atoms with Crippen molar-refractivity contribution in [1.82, 2.24) is 30.4 Å². The van der Waals surface area contributed by atoms with E-state index in [1.165, 1.54) is 0 Å². The lowest BCUT2D eigenvalue weighted by molar-refractivity contribution is 0.554. The van der Waals surface area contributed by atoms with E-state index in [2.05, 4.69) is 31.0 Å². The molecule has 0 radical (unpaired) electrons. The summed E-state index contributed by atoms with van der Waals surface area (Å²) in [6.07, 6.45) is 1.56. The smallest absolute Gasteiger partial charge is 0.288 e. The van der Waals surface area contributed by atoms with E-state index >= 15 is 0 Å². The molecule has 0 saturated heterocycles. The molecule has 4 aromatic rings. The van der Waals surface area contributed by atoms with Gasteiger partial charge in [0.1, 0.15) is 17.4 Å². The summed E-state index contributed by atoms with van der Waals surface area (Å²) in [7, 11) is 0. The Morgan fingerprint density at radius 3 is 2.80 bits per heavy atom. The van der Waals surface area contributed by atoms with Crippen molar-refractivity contribution in [3.8, 4) is 11.5 Å². The molecular formula is C16H11N7O2. The lowest BCUT2D eigenvalue weighted by atomic mass is 9.94. The number of hydrogen-bond acceptors (Lipinski definition) is 7. The van der Waals surface area contributed by atoms with Gasteiger partial charge in [0, 0.05) is 5.56 Å². The van der Waals surface area contributed by atoms with Gasteiger partial charge in [-0.2, -0.15) is 9.78 Å². The number of aromatic amines is 1. The first-order valence-corrected chi connectivity index (χ1v) is 7.59. The third-order valence-corrected chi connectivity index (χ3v) is 4.14. The maximum atomic E-state index is 12.4. The molecule has 9 nitrogen and oxygen atoms in total. The number of nitrogens with zero attached hydrogens (tertiary/aromatic N) is 5. The van der Waals surface area contributed by atoms with Crippen LogP contribution in [-0.2, 0) is 0 Å². The van der Waals surface area contributed by atoms with Crippen LogP contribution in [0.25, 0.3) is 11.5 Å². The van der Waals surface area contributed by atoms with Crippen LogP contribution in [0.4, 0.5) is 11.6 Å². The second-order valence-electron chi connectivity index (χ2n) is 5.55. The zero-order valence-corrected chi connectivity index (χ0v) is 12.7. The van der Waals surface area contributed by atoms with Crippen molar-refractivity contribution in [2.24, 2.45) is 0 Å². The molecule has 4 heterocycles. The number of nitrogens with one attached hydrogen (secondary N) is 2. The number of furan rings is 1. The van der Waals surface area contributed by atoms with Gasteiger partial charge < -0.3 is 9.73 Å². The van der Waals surface area contributed by atoms with Gasteiger partial charge in [-0.15, -0.1) is 0 Å². The molecule has 25 heavy (non-hydrogen) atoms. The van der Waals surface area contributed by atoms with Crippen molar-refractivity contribution in [1.29, 1.82) is 0 Å². The quantitative estimate of drug-likeness (QED) is 0.505. The SMILES string of the molecule is O=c1[nH]nc(-c2ccco2)c2c1Nc1nnnn1[C@@H]2c1ccccc1. The first-order valence-electron chi connectivity index (χ1n) is 7.59. The van der Waals surface area contributed by atoms with E-state index in [9.17, 15) is 4.79 Å². The predicted octanol–water partition coefficient (Wildman–Crippen LogP) is 1.71. The van der Waals surface area contributed by atoms with E-state index in [1.54, 1.807) is 23.1 Å². The molecule has 1 aromatic carbocycles. The number of rotatable bonds is 2. The van der Waals surface area contributed by atoms with Gasteiger partial charge in [-0.25, -0.2) is 5.10 Å². The lowest BCUT2D eigenvalue weighted by Gasteiger charge is -2.27.